The van der Waals surface area contributed by atoms with Crippen molar-refractivity contribution >= 4 is 11.6 Å². The van der Waals surface area contributed by atoms with Gasteiger partial charge in [-0.15, -0.1) is 0 Å². The van der Waals surface area contributed by atoms with Crippen LogP contribution in [0.3, 0.4) is 0 Å². The van der Waals surface area contributed by atoms with E-state index in [0.29, 0.717) is 0 Å². The van der Waals surface area contributed by atoms with E-state index in [4.69, 9.17) is 5.73 Å². The van der Waals surface area contributed by atoms with Gasteiger partial charge in [0.1, 0.15) is 5.54 Å². The summed E-state index contributed by atoms with van der Waals surface area (Å²) in [6.07, 6.45) is 1.79. The third kappa shape index (κ3) is 2.60. The Morgan fingerprint density at radius 1 is 1.42 bits per heavy atom. The van der Waals surface area contributed by atoms with Gasteiger partial charge in [0.15, 0.2) is 0 Å². The van der Waals surface area contributed by atoms with Crippen molar-refractivity contribution in [2.75, 3.05) is 5.32 Å². The average Bonchev–Trinajstić information content (AvgIpc) is 2.49. The molecule has 104 valence electrons. The number of aryl methyl sites for hydroxylation is 1. The second-order valence-corrected chi connectivity index (χ2v) is 6.78. The summed E-state index contributed by atoms with van der Waals surface area (Å²) in [5.41, 5.74) is 7.40. The molecule has 0 aliphatic heterocycles. The molecule has 1 aromatic carbocycles. The van der Waals surface area contributed by atoms with Crippen LogP contribution in [0.15, 0.2) is 24.3 Å². The van der Waals surface area contributed by atoms with Gasteiger partial charge in [-0.05, 0) is 48.8 Å². The zero-order valence-electron chi connectivity index (χ0n) is 12.3. The Bertz CT molecular complexity index is 495. The monoisotopic (exact) mass is 260 g/mol. The summed E-state index contributed by atoms with van der Waals surface area (Å²) in [5, 5.41) is 3.43. The maximum atomic E-state index is 12.1. The van der Waals surface area contributed by atoms with Crippen molar-refractivity contribution in [1.29, 1.82) is 0 Å². The van der Waals surface area contributed by atoms with Crippen LogP contribution in [0.4, 0.5) is 5.69 Å². The highest BCUT2D eigenvalue weighted by molar-refractivity contribution is 5.89. The zero-order valence-corrected chi connectivity index (χ0v) is 12.3. The molecule has 0 spiro atoms. The second-order valence-electron chi connectivity index (χ2n) is 6.78. The third-order valence-corrected chi connectivity index (χ3v) is 4.28. The first-order valence-electron chi connectivity index (χ1n) is 6.90. The van der Waals surface area contributed by atoms with Crippen LogP contribution >= 0.6 is 0 Å². The number of rotatable bonds is 3. The summed E-state index contributed by atoms with van der Waals surface area (Å²) < 4.78 is 0. The van der Waals surface area contributed by atoms with Gasteiger partial charge in [0.05, 0.1) is 0 Å². The van der Waals surface area contributed by atoms with Crippen LogP contribution in [0.1, 0.15) is 39.2 Å². The molecule has 0 bridgehead atoms. The Morgan fingerprint density at radius 3 is 2.58 bits per heavy atom. The number of nitrogens with two attached hydrogens (primary N) is 1. The highest BCUT2D eigenvalue weighted by Crippen LogP contribution is 2.48. The first kappa shape index (κ1) is 13.9. The van der Waals surface area contributed by atoms with E-state index in [2.05, 4.69) is 32.2 Å². The number of benzene rings is 1. The normalized spacial score (nSPS) is 29.2. The first-order chi connectivity index (χ1) is 8.75. The van der Waals surface area contributed by atoms with Gasteiger partial charge in [0.2, 0.25) is 5.91 Å². The fourth-order valence-electron chi connectivity index (χ4n) is 3.54. The fourth-order valence-corrected chi connectivity index (χ4v) is 3.54. The molecule has 1 aliphatic carbocycles. The van der Waals surface area contributed by atoms with E-state index in [9.17, 15) is 4.79 Å². The molecule has 1 amide bonds. The Kier molecular flexibility index (Phi) is 3.33. The largest absolute Gasteiger partial charge is 0.371 e. The number of carbonyl (C=O) groups excluding carboxylic acids is 1. The van der Waals surface area contributed by atoms with Crippen LogP contribution in [0.25, 0.3) is 0 Å². The van der Waals surface area contributed by atoms with E-state index in [-0.39, 0.29) is 17.2 Å². The predicted molar refractivity (Wildman–Crippen MR) is 78.9 cm³/mol. The minimum atomic E-state index is -0.628. The van der Waals surface area contributed by atoms with E-state index in [1.54, 1.807) is 0 Å². The molecule has 19 heavy (non-hydrogen) atoms. The summed E-state index contributed by atoms with van der Waals surface area (Å²) in [7, 11) is 0. The lowest BCUT2D eigenvalue weighted by molar-refractivity contribution is -0.123. The maximum Gasteiger partial charge on any atom is 0.243 e. The molecule has 2 unspecified atom stereocenters. The van der Waals surface area contributed by atoms with Crippen molar-refractivity contribution in [3.63, 3.8) is 0 Å². The van der Waals surface area contributed by atoms with E-state index >= 15 is 0 Å². The van der Waals surface area contributed by atoms with E-state index in [1.165, 1.54) is 5.56 Å². The number of anilines is 1. The van der Waals surface area contributed by atoms with Crippen molar-refractivity contribution in [3.05, 3.63) is 29.8 Å². The van der Waals surface area contributed by atoms with Crippen LogP contribution in [0.2, 0.25) is 0 Å². The minimum Gasteiger partial charge on any atom is -0.371 e. The number of carbonyl (C=O) groups is 1. The molecule has 1 aliphatic rings. The molecular weight excluding hydrogens is 236 g/mol. The van der Waals surface area contributed by atoms with E-state index in [0.717, 1.165) is 18.5 Å². The van der Waals surface area contributed by atoms with Gasteiger partial charge in [-0.3, -0.25) is 4.79 Å². The van der Waals surface area contributed by atoms with Gasteiger partial charge in [-0.25, -0.2) is 0 Å². The van der Waals surface area contributed by atoms with E-state index < -0.39 is 5.54 Å². The van der Waals surface area contributed by atoms with Crippen LogP contribution in [-0.2, 0) is 4.79 Å². The van der Waals surface area contributed by atoms with Crippen LogP contribution in [-0.4, -0.2) is 11.4 Å². The Labute approximate surface area is 115 Å². The zero-order chi connectivity index (χ0) is 14.3. The lowest BCUT2D eigenvalue weighted by Crippen LogP contribution is -2.52. The smallest absolute Gasteiger partial charge is 0.243 e. The summed E-state index contributed by atoms with van der Waals surface area (Å²) in [5.74, 6) is -0.00686. The molecule has 2 atom stereocenters. The molecule has 3 heteroatoms. The van der Waals surface area contributed by atoms with Gasteiger partial charge >= 0.3 is 0 Å². The number of hydrogen-bond donors (Lipinski definition) is 2. The fraction of sp³-hybridized carbons (Fsp3) is 0.562. The van der Waals surface area contributed by atoms with Crippen LogP contribution in [0.5, 0.6) is 0 Å². The van der Waals surface area contributed by atoms with Crippen molar-refractivity contribution in [2.45, 2.75) is 46.1 Å². The molecule has 3 nitrogen and oxygen atoms in total. The molecule has 0 aromatic heterocycles. The van der Waals surface area contributed by atoms with Crippen molar-refractivity contribution in [2.24, 2.45) is 17.1 Å². The molecule has 0 saturated heterocycles. The molecule has 1 fully saturated rings. The van der Waals surface area contributed by atoms with E-state index in [1.807, 2.05) is 25.1 Å². The number of primary amides is 1. The Balaban J connectivity index is 2.34. The molecule has 0 radical (unpaired) electrons. The summed E-state index contributed by atoms with van der Waals surface area (Å²) in [6.45, 7) is 8.56. The topological polar surface area (TPSA) is 55.1 Å². The maximum absolute atomic E-state index is 12.1. The minimum absolute atomic E-state index is 0.144. The second kappa shape index (κ2) is 4.55. The lowest BCUT2D eigenvalue weighted by atomic mass is 9.85. The van der Waals surface area contributed by atoms with Crippen molar-refractivity contribution in [1.82, 2.24) is 0 Å². The summed E-state index contributed by atoms with van der Waals surface area (Å²) in [6, 6.07) is 8.10. The third-order valence-electron chi connectivity index (χ3n) is 4.28. The van der Waals surface area contributed by atoms with Crippen LogP contribution < -0.4 is 11.1 Å². The molecule has 1 saturated carbocycles. The SMILES string of the molecule is Cc1cccc(NC2(C(N)=O)CC(C)(C)CC2C)c1. The van der Waals surface area contributed by atoms with Gasteiger partial charge in [0, 0.05) is 5.69 Å². The van der Waals surface area contributed by atoms with Gasteiger partial charge in [-0.2, -0.15) is 0 Å². The predicted octanol–water partition coefficient (Wildman–Crippen LogP) is 3.09. The summed E-state index contributed by atoms with van der Waals surface area (Å²) in [4.78, 5) is 12.1. The lowest BCUT2D eigenvalue weighted by Gasteiger charge is -2.33. The van der Waals surface area contributed by atoms with Gasteiger partial charge in [-0.1, -0.05) is 32.9 Å². The first-order valence-corrected chi connectivity index (χ1v) is 6.90. The standard InChI is InChI=1S/C16H24N2O/c1-11-6-5-7-13(8-11)18-16(14(17)19)10-15(3,4)9-12(16)2/h5-8,12,18H,9-10H2,1-4H3,(H2,17,19). The van der Waals surface area contributed by atoms with Crippen molar-refractivity contribution in [3.8, 4) is 0 Å². The Hall–Kier alpha value is -1.51. The average molecular weight is 260 g/mol. The molecule has 2 rings (SSSR count). The van der Waals surface area contributed by atoms with Crippen molar-refractivity contribution < 1.29 is 4.79 Å². The Morgan fingerprint density at radius 2 is 2.11 bits per heavy atom. The highest BCUT2D eigenvalue weighted by atomic mass is 16.1. The van der Waals surface area contributed by atoms with Crippen LogP contribution in [0, 0.1) is 18.3 Å². The van der Waals surface area contributed by atoms with Gasteiger partial charge in [0.25, 0.3) is 0 Å². The quantitative estimate of drug-likeness (QED) is 0.877. The molecular formula is C16H24N2O. The molecule has 1 aromatic rings. The highest BCUT2D eigenvalue weighted by Gasteiger charge is 2.52. The summed E-state index contributed by atoms with van der Waals surface area (Å²) >= 11 is 0. The molecule has 0 heterocycles. The molecule has 3 N–H and O–H groups in total. The number of hydrogen-bond acceptors (Lipinski definition) is 2. The number of amides is 1. The number of nitrogens with one attached hydrogen (secondary N) is 1. The van der Waals surface area contributed by atoms with Gasteiger partial charge < -0.3 is 11.1 Å².